The van der Waals surface area contributed by atoms with Gasteiger partial charge in [-0.15, -0.1) is 10.2 Å². The fourth-order valence-corrected chi connectivity index (χ4v) is 1.62. The molecule has 7 heteroatoms. The van der Waals surface area contributed by atoms with Crippen molar-refractivity contribution in [1.82, 2.24) is 20.4 Å². The highest BCUT2D eigenvalue weighted by atomic mass is 35.5. The van der Waals surface area contributed by atoms with Crippen LogP contribution in [0.3, 0.4) is 0 Å². The average Bonchev–Trinajstić information content (AvgIpc) is 2.88. The van der Waals surface area contributed by atoms with Crippen LogP contribution in [0.15, 0.2) is 28.7 Å². The zero-order chi connectivity index (χ0) is 14.5. The summed E-state index contributed by atoms with van der Waals surface area (Å²) in [6.45, 7) is 1.26. The van der Waals surface area contributed by atoms with Crippen LogP contribution in [0.4, 0.5) is 0 Å². The number of amides is 1. The average molecular weight is 295 g/mol. The highest BCUT2D eigenvalue weighted by molar-refractivity contribution is 6.30. The monoisotopic (exact) mass is 294 g/mol. The molecule has 0 fully saturated rings. The lowest BCUT2D eigenvalue weighted by Crippen LogP contribution is -2.31. The smallest absolute Gasteiger partial charge is 0.308 e. The van der Waals surface area contributed by atoms with Crippen LogP contribution < -0.4 is 5.32 Å². The molecule has 0 radical (unpaired) electrons. The second kappa shape index (κ2) is 6.49. The van der Waals surface area contributed by atoms with Gasteiger partial charge in [0.2, 0.25) is 5.89 Å². The van der Waals surface area contributed by atoms with Gasteiger partial charge >= 0.3 is 11.8 Å². The van der Waals surface area contributed by atoms with E-state index in [4.69, 9.17) is 16.0 Å². The maximum absolute atomic E-state index is 11.8. The minimum atomic E-state index is -0.375. The van der Waals surface area contributed by atoms with Crippen molar-refractivity contribution < 1.29 is 9.21 Å². The Balaban J connectivity index is 2.01. The number of nitrogens with zero attached hydrogens (tertiary/aromatic N) is 3. The van der Waals surface area contributed by atoms with Gasteiger partial charge in [-0.1, -0.05) is 11.6 Å². The number of halogens is 1. The summed E-state index contributed by atoms with van der Waals surface area (Å²) >= 11 is 5.80. The van der Waals surface area contributed by atoms with Crippen LogP contribution >= 0.6 is 11.6 Å². The molecule has 1 N–H and O–H groups in total. The predicted molar refractivity (Wildman–Crippen MR) is 75.6 cm³/mol. The Morgan fingerprint density at radius 3 is 2.65 bits per heavy atom. The molecule has 0 aliphatic carbocycles. The zero-order valence-electron chi connectivity index (χ0n) is 11.3. The standard InChI is InChI=1S/C13H15ClN4O2/c1-18(2)8-7-15-11(19)13-17-16-12(20-13)9-3-5-10(14)6-4-9/h3-6H,7-8H2,1-2H3,(H,15,19). The van der Waals surface area contributed by atoms with Gasteiger partial charge in [0.1, 0.15) is 0 Å². The van der Waals surface area contributed by atoms with E-state index in [1.165, 1.54) is 0 Å². The summed E-state index contributed by atoms with van der Waals surface area (Å²) in [5, 5.41) is 10.9. The van der Waals surface area contributed by atoms with E-state index < -0.39 is 0 Å². The number of carbonyl (C=O) groups excluding carboxylic acids is 1. The van der Waals surface area contributed by atoms with Gasteiger partial charge < -0.3 is 14.6 Å². The Kier molecular flexibility index (Phi) is 4.70. The summed E-state index contributed by atoms with van der Waals surface area (Å²) < 4.78 is 5.34. The Morgan fingerprint density at radius 1 is 1.30 bits per heavy atom. The Morgan fingerprint density at radius 2 is 2.00 bits per heavy atom. The first-order valence-corrected chi connectivity index (χ1v) is 6.46. The lowest BCUT2D eigenvalue weighted by Gasteiger charge is -2.08. The Bertz CT molecular complexity index is 580. The van der Waals surface area contributed by atoms with Gasteiger partial charge in [0.25, 0.3) is 0 Å². The molecular formula is C13H15ClN4O2. The van der Waals surface area contributed by atoms with Gasteiger partial charge in [0.15, 0.2) is 0 Å². The normalized spacial score (nSPS) is 10.8. The van der Waals surface area contributed by atoms with Crippen LogP contribution in [-0.4, -0.2) is 48.2 Å². The van der Waals surface area contributed by atoms with E-state index in [2.05, 4.69) is 15.5 Å². The number of carbonyl (C=O) groups is 1. The number of rotatable bonds is 5. The van der Waals surface area contributed by atoms with Crippen molar-refractivity contribution in [3.8, 4) is 11.5 Å². The van der Waals surface area contributed by atoms with Gasteiger partial charge in [-0.25, -0.2) is 0 Å². The van der Waals surface area contributed by atoms with Crippen molar-refractivity contribution >= 4 is 17.5 Å². The fraction of sp³-hybridized carbons (Fsp3) is 0.308. The Labute approximate surface area is 121 Å². The summed E-state index contributed by atoms with van der Waals surface area (Å²) in [5.74, 6) is -0.132. The first-order chi connectivity index (χ1) is 9.56. The molecule has 0 aliphatic rings. The molecule has 20 heavy (non-hydrogen) atoms. The minimum absolute atomic E-state index is 0.0475. The molecule has 106 valence electrons. The fourth-order valence-electron chi connectivity index (χ4n) is 1.49. The molecule has 0 unspecified atom stereocenters. The van der Waals surface area contributed by atoms with Crippen molar-refractivity contribution in [2.75, 3.05) is 27.2 Å². The Hall–Kier alpha value is -1.92. The van der Waals surface area contributed by atoms with Gasteiger partial charge in [-0.05, 0) is 38.4 Å². The molecule has 1 amide bonds. The lowest BCUT2D eigenvalue weighted by atomic mass is 10.2. The summed E-state index contributed by atoms with van der Waals surface area (Å²) in [4.78, 5) is 13.7. The van der Waals surface area contributed by atoms with E-state index in [0.717, 1.165) is 6.54 Å². The van der Waals surface area contributed by atoms with E-state index in [1.54, 1.807) is 24.3 Å². The maximum atomic E-state index is 11.8. The van der Waals surface area contributed by atoms with Gasteiger partial charge in [0, 0.05) is 23.7 Å². The first-order valence-electron chi connectivity index (χ1n) is 6.08. The van der Waals surface area contributed by atoms with Crippen LogP contribution in [-0.2, 0) is 0 Å². The molecule has 0 saturated carbocycles. The minimum Gasteiger partial charge on any atom is -0.412 e. The molecule has 0 atom stereocenters. The summed E-state index contributed by atoms with van der Waals surface area (Å²) in [5.41, 5.74) is 0.717. The molecule has 6 nitrogen and oxygen atoms in total. The highest BCUT2D eigenvalue weighted by Crippen LogP contribution is 2.20. The molecular weight excluding hydrogens is 280 g/mol. The van der Waals surface area contributed by atoms with Crippen molar-refractivity contribution in [2.24, 2.45) is 0 Å². The number of benzene rings is 1. The second-order valence-electron chi connectivity index (χ2n) is 4.48. The third-order valence-corrected chi connectivity index (χ3v) is 2.81. The number of likely N-dealkylation sites (N-methyl/N-ethyl adjacent to an activating group) is 1. The van der Waals surface area contributed by atoms with Crippen LogP contribution in [0.2, 0.25) is 5.02 Å². The largest absolute Gasteiger partial charge is 0.412 e. The second-order valence-corrected chi connectivity index (χ2v) is 4.91. The summed E-state index contributed by atoms with van der Waals surface area (Å²) in [6.07, 6.45) is 0. The van der Waals surface area contributed by atoms with Crippen molar-refractivity contribution in [3.63, 3.8) is 0 Å². The SMILES string of the molecule is CN(C)CCNC(=O)c1nnc(-c2ccc(Cl)cc2)o1. The van der Waals surface area contributed by atoms with Crippen molar-refractivity contribution in [3.05, 3.63) is 35.2 Å². The van der Waals surface area contributed by atoms with Crippen LogP contribution in [0.5, 0.6) is 0 Å². The number of aromatic nitrogens is 2. The summed E-state index contributed by atoms with van der Waals surface area (Å²) in [6, 6.07) is 6.95. The quantitative estimate of drug-likeness (QED) is 0.908. The third kappa shape index (κ3) is 3.79. The molecule has 1 aromatic heterocycles. The number of hydrogen-bond donors (Lipinski definition) is 1. The van der Waals surface area contributed by atoms with E-state index in [1.807, 2.05) is 19.0 Å². The van der Waals surface area contributed by atoms with E-state index >= 15 is 0 Å². The van der Waals surface area contributed by atoms with E-state index in [-0.39, 0.29) is 11.8 Å². The van der Waals surface area contributed by atoms with Crippen molar-refractivity contribution in [1.29, 1.82) is 0 Å². The van der Waals surface area contributed by atoms with Crippen molar-refractivity contribution in [2.45, 2.75) is 0 Å². The molecule has 0 aliphatic heterocycles. The topological polar surface area (TPSA) is 71.3 Å². The number of hydrogen-bond acceptors (Lipinski definition) is 5. The lowest BCUT2D eigenvalue weighted by molar-refractivity contribution is 0.0917. The molecule has 1 heterocycles. The molecule has 2 rings (SSSR count). The molecule has 0 bridgehead atoms. The number of nitrogens with one attached hydrogen (secondary N) is 1. The third-order valence-electron chi connectivity index (χ3n) is 2.55. The highest BCUT2D eigenvalue weighted by Gasteiger charge is 2.15. The van der Waals surface area contributed by atoms with Gasteiger partial charge in [0.05, 0.1) is 0 Å². The maximum Gasteiger partial charge on any atom is 0.308 e. The first kappa shape index (κ1) is 14.5. The van der Waals surface area contributed by atoms with Crippen LogP contribution in [0.1, 0.15) is 10.7 Å². The van der Waals surface area contributed by atoms with E-state index in [0.29, 0.717) is 23.0 Å². The van der Waals surface area contributed by atoms with Gasteiger partial charge in [-0.2, -0.15) is 0 Å². The molecule has 0 spiro atoms. The van der Waals surface area contributed by atoms with E-state index in [9.17, 15) is 4.79 Å². The summed E-state index contributed by atoms with van der Waals surface area (Å²) in [7, 11) is 3.86. The predicted octanol–water partition coefficient (Wildman–Crippen LogP) is 1.68. The van der Waals surface area contributed by atoms with Crippen LogP contribution in [0, 0.1) is 0 Å². The molecule has 1 aromatic carbocycles. The molecule has 0 saturated heterocycles. The zero-order valence-corrected chi connectivity index (χ0v) is 12.0. The van der Waals surface area contributed by atoms with Gasteiger partial charge in [-0.3, -0.25) is 4.79 Å². The van der Waals surface area contributed by atoms with Crippen LogP contribution in [0.25, 0.3) is 11.5 Å². The molecule has 2 aromatic rings.